The summed E-state index contributed by atoms with van der Waals surface area (Å²) in [6.07, 6.45) is 8.06. The zero-order chi connectivity index (χ0) is 10.6. The molecule has 0 saturated heterocycles. The van der Waals surface area contributed by atoms with Crippen molar-refractivity contribution in [2.24, 2.45) is 5.41 Å². The third-order valence-corrected chi connectivity index (χ3v) is 2.75. The minimum Gasteiger partial charge on any atom is -0.304 e. The first-order valence-electron chi connectivity index (χ1n) is 5.65. The third kappa shape index (κ3) is 4.23. The van der Waals surface area contributed by atoms with Gasteiger partial charge in [0.2, 0.25) is 6.29 Å². The first-order chi connectivity index (χ1) is 6.51. The second-order valence-corrected chi connectivity index (χ2v) is 5.58. The van der Waals surface area contributed by atoms with Crippen LogP contribution in [0.2, 0.25) is 0 Å². The molecule has 1 N–H and O–H groups in total. The van der Waals surface area contributed by atoms with Gasteiger partial charge in [0, 0.05) is 6.04 Å². The highest BCUT2D eigenvalue weighted by atomic mass is 16.1. The molecular weight excluding hydrogens is 174 g/mol. The number of nitrogens with one attached hydrogen (secondary N) is 1. The van der Waals surface area contributed by atoms with E-state index in [1.807, 2.05) is 0 Å². The van der Waals surface area contributed by atoms with Crippen molar-refractivity contribution in [1.29, 1.82) is 0 Å². The Morgan fingerprint density at radius 1 is 1.36 bits per heavy atom. The predicted octanol–water partition coefficient (Wildman–Crippen LogP) is 2.43. The van der Waals surface area contributed by atoms with Crippen molar-refractivity contribution in [3.63, 3.8) is 0 Å². The average molecular weight is 196 g/mol. The quantitative estimate of drug-likeness (QED) is 0.748. The zero-order valence-corrected chi connectivity index (χ0v) is 9.60. The summed E-state index contributed by atoms with van der Waals surface area (Å²) in [6.45, 7) is 6.48. The number of hydrogen-bond donors (Lipinski definition) is 1. The molecule has 0 aromatic heterocycles. The molecule has 0 spiro atoms. The Bertz CT molecular complexity index is 177. The van der Waals surface area contributed by atoms with Crippen molar-refractivity contribution in [3.8, 4) is 0 Å². The highest BCUT2D eigenvalue weighted by Gasteiger charge is 2.23. The molecule has 0 aromatic rings. The van der Waals surface area contributed by atoms with Crippen LogP contribution in [0.15, 0.2) is 0 Å². The van der Waals surface area contributed by atoms with Gasteiger partial charge in [0.15, 0.2) is 0 Å². The first-order valence-corrected chi connectivity index (χ1v) is 5.65. The summed E-state index contributed by atoms with van der Waals surface area (Å²) >= 11 is 0. The fourth-order valence-corrected chi connectivity index (χ4v) is 2.12. The van der Waals surface area contributed by atoms with E-state index in [0.29, 0.717) is 6.04 Å². The van der Waals surface area contributed by atoms with Crippen molar-refractivity contribution < 1.29 is 4.79 Å². The van der Waals surface area contributed by atoms with Crippen LogP contribution >= 0.6 is 0 Å². The Balaban J connectivity index is 2.34. The van der Waals surface area contributed by atoms with E-state index in [0.717, 1.165) is 6.42 Å². The normalized spacial score (nSPS) is 21.1. The van der Waals surface area contributed by atoms with Gasteiger partial charge in [-0.25, -0.2) is 0 Å². The van der Waals surface area contributed by atoms with E-state index in [-0.39, 0.29) is 11.5 Å². The Kier molecular flexibility index (Phi) is 4.11. The maximum Gasteiger partial charge on any atom is 0.216 e. The molecule has 14 heavy (non-hydrogen) atoms. The van der Waals surface area contributed by atoms with Crippen LogP contribution in [0.1, 0.15) is 52.9 Å². The lowest BCUT2D eigenvalue weighted by atomic mass is 9.88. The summed E-state index contributed by atoms with van der Waals surface area (Å²) in [5, 5.41) is 3.40. The van der Waals surface area contributed by atoms with E-state index in [1.165, 1.54) is 25.7 Å². The van der Waals surface area contributed by atoms with Gasteiger partial charge in [-0.05, 0) is 24.7 Å². The van der Waals surface area contributed by atoms with Crippen LogP contribution in [0.25, 0.3) is 0 Å². The van der Waals surface area contributed by atoms with Crippen LogP contribution in [-0.2, 0) is 4.79 Å². The molecule has 0 aliphatic heterocycles. The van der Waals surface area contributed by atoms with Gasteiger partial charge < -0.3 is 5.32 Å². The molecule has 0 unspecified atom stereocenters. The van der Waals surface area contributed by atoms with Crippen LogP contribution in [0.3, 0.4) is 0 Å². The summed E-state index contributed by atoms with van der Waals surface area (Å²) in [5.74, 6) is 0. The second-order valence-electron chi connectivity index (χ2n) is 5.58. The van der Waals surface area contributed by atoms with Crippen LogP contribution in [0, 0.1) is 5.41 Å². The van der Waals surface area contributed by atoms with Crippen LogP contribution in [-0.4, -0.2) is 18.4 Å². The molecule has 1 aliphatic carbocycles. The Morgan fingerprint density at radius 2 is 1.93 bits per heavy atom. The van der Waals surface area contributed by atoms with Crippen molar-refractivity contribution in [1.82, 2.24) is 5.32 Å². The maximum atomic E-state index is 10.8. The Hall–Kier alpha value is -0.370. The predicted molar refractivity (Wildman–Crippen MR) is 58.9 cm³/mol. The van der Waals surface area contributed by atoms with Gasteiger partial charge in [-0.1, -0.05) is 33.6 Å². The molecule has 0 amide bonds. The minimum absolute atomic E-state index is 0.0712. The number of rotatable bonds is 4. The molecule has 2 nitrogen and oxygen atoms in total. The van der Waals surface area contributed by atoms with Gasteiger partial charge in [0.1, 0.15) is 0 Å². The van der Waals surface area contributed by atoms with Gasteiger partial charge in [0.05, 0.1) is 6.04 Å². The number of carbonyl (C=O) groups excluding carboxylic acids is 1. The van der Waals surface area contributed by atoms with Gasteiger partial charge >= 0.3 is 0 Å². The summed E-state index contributed by atoms with van der Waals surface area (Å²) in [6, 6.07) is 0.488. The van der Waals surface area contributed by atoms with Gasteiger partial charge in [-0.15, -0.1) is 0 Å². The molecule has 1 atom stereocenters. The first kappa shape index (κ1) is 11.7. The summed E-state index contributed by atoms with van der Waals surface area (Å²) < 4.78 is 0. The summed E-state index contributed by atoms with van der Waals surface area (Å²) in [4.78, 5) is 10.8. The van der Waals surface area contributed by atoms with Crippen molar-refractivity contribution >= 4 is 6.29 Å². The van der Waals surface area contributed by atoms with E-state index in [4.69, 9.17) is 0 Å². The van der Waals surface area contributed by atoms with E-state index in [9.17, 15) is 4.79 Å². The second kappa shape index (κ2) is 4.92. The van der Waals surface area contributed by atoms with E-state index in [1.54, 1.807) is 0 Å². The van der Waals surface area contributed by atoms with Crippen molar-refractivity contribution in [3.05, 3.63) is 0 Å². The van der Waals surface area contributed by atoms with Gasteiger partial charge in [0.25, 0.3) is 0 Å². The van der Waals surface area contributed by atoms with Crippen LogP contribution in [0.4, 0.5) is 0 Å². The SMILES string of the molecule is CC(C)(C)C[C@@H]([C]=O)NC1CCCC1. The third-order valence-electron chi connectivity index (χ3n) is 2.75. The summed E-state index contributed by atoms with van der Waals surface area (Å²) in [5.41, 5.74) is 0.202. The topological polar surface area (TPSA) is 29.1 Å². The van der Waals surface area contributed by atoms with Gasteiger partial charge in [-0.3, -0.25) is 4.79 Å². The fourth-order valence-electron chi connectivity index (χ4n) is 2.12. The van der Waals surface area contributed by atoms with Crippen molar-refractivity contribution in [2.45, 2.75) is 65.0 Å². The summed E-state index contributed by atoms with van der Waals surface area (Å²) in [7, 11) is 0. The fraction of sp³-hybridized carbons (Fsp3) is 0.917. The highest BCUT2D eigenvalue weighted by molar-refractivity contribution is 5.58. The molecule has 2 heteroatoms. The standard InChI is InChI=1S/C12H22NO/c1-12(2,3)8-11(9-14)13-10-6-4-5-7-10/h10-11,13H,4-8H2,1-3H3/t11-/m0/s1. The van der Waals surface area contributed by atoms with Crippen LogP contribution < -0.4 is 5.32 Å². The lowest BCUT2D eigenvalue weighted by Crippen LogP contribution is -2.40. The monoisotopic (exact) mass is 196 g/mol. The highest BCUT2D eigenvalue weighted by Crippen LogP contribution is 2.23. The Morgan fingerprint density at radius 3 is 2.36 bits per heavy atom. The molecule has 1 radical (unpaired) electrons. The van der Waals surface area contributed by atoms with E-state index >= 15 is 0 Å². The molecule has 1 aliphatic rings. The average Bonchev–Trinajstić information content (AvgIpc) is 2.53. The molecular formula is C12H22NO. The smallest absolute Gasteiger partial charge is 0.216 e. The molecule has 0 aromatic carbocycles. The minimum atomic E-state index is -0.0712. The van der Waals surface area contributed by atoms with E-state index in [2.05, 4.69) is 32.4 Å². The largest absolute Gasteiger partial charge is 0.304 e. The molecule has 0 heterocycles. The van der Waals surface area contributed by atoms with Gasteiger partial charge in [-0.2, -0.15) is 0 Å². The molecule has 1 rings (SSSR count). The lowest BCUT2D eigenvalue weighted by Gasteiger charge is -2.25. The number of hydrogen-bond acceptors (Lipinski definition) is 2. The zero-order valence-electron chi connectivity index (χ0n) is 9.60. The van der Waals surface area contributed by atoms with Crippen LogP contribution in [0.5, 0.6) is 0 Å². The molecule has 1 saturated carbocycles. The van der Waals surface area contributed by atoms with E-state index < -0.39 is 0 Å². The lowest BCUT2D eigenvalue weighted by molar-refractivity contribution is 0.321. The maximum absolute atomic E-state index is 10.8. The Labute approximate surface area is 87.5 Å². The van der Waals surface area contributed by atoms with Crippen molar-refractivity contribution in [2.75, 3.05) is 0 Å². The molecule has 0 bridgehead atoms. The molecule has 81 valence electrons. The molecule has 1 fully saturated rings.